The van der Waals surface area contributed by atoms with Crippen LogP contribution in [0.4, 0.5) is 0 Å². The maximum atomic E-state index is 10.4. The number of aryl methyl sites for hydroxylation is 1. The maximum absolute atomic E-state index is 10.4. The Morgan fingerprint density at radius 1 is 1.09 bits per heavy atom. The number of phenols is 2. The molecule has 0 unspecified atom stereocenters. The molecule has 0 saturated heterocycles. The van der Waals surface area contributed by atoms with Crippen LogP contribution < -0.4 is 5.73 Å². The summed E-state index contributed by atoms with van der Waals surface area (Å²) in [6.07, 6.45) is 3.64. The minimum Gasteiger partial charge on any atom is -0.504 e. The minimum atomic E-state index is 0.0108. The van der Waals surface area contributed by atoms with Gasteiger partial charge in [-0.15, -0.1) is 0 Å². The number of nitrogens with two attached hydrogens (primary N) is 1. The second-order valence-corrected chi connectivity index (χ2v) is 6.65. The molecule has 0 fully saturated rings. The summed E-state index contributed by atoms with van der Waals surface area (Å²) in [5.41, 5.74) is 11.0. The molecule has 2 aromatic rings. The lowest BCUT2D eigenvalue weighted by molar-refractivity contribution is 0.360. The SMILES string of the molecule is N[C@@H]1CCc2cc(O)c(O)c3c2[C@H]1C[C@H](c1ccccc1)C3. The van der Waals surface area contributed by atoms with Gasteiger partial charge < -0.3 is 15.9 Å². The van der Waals surface area contributed by atoms with Gasteiger partial charge in [0.15, 0.2) is 11.5 Å². The molecule has 0 amide bonds. The molecule has 114 valence electrons. The molecule has 0 aromatic heterocycles. The summed E-state index contributed by atoms with van der Waals surface area (Å²) >= 11 is 0. The van der Waals surface area contributed by atoms with Crippen LogP contribution in [-0.4, -0.2) is 16.3 Å². The number of aromatic hydroxyl groups is 2. The van der Waals surface area contributed by atoms with Crippen LogP contribution in [0.3, 0.4) is 0 Å². The van der Waals surface area contributed by atoms with E-state index in [4.69, 9.17) is 5.73 Å². The minimum absolute atomic E-state index is 0.0108. The first-order chi connectivity index (χ1) is 10.6. The lowest BCUT2D eigenvalue weighted by Crippen LogP contribution is -2.37. The molecule has 2 aliphatic rings. The molecule has 4 N–H and O–H groups in total. The summed E-state index contributed by atoms with van der Waals surface area (Å²) in [4.78, 5) is 0. The van der Waals surface area contributed by atoms with Crippen LogP contribution in [0.25, 0.3) is 0 Å². The summed E-state index contributed by atoms with van der Waals surface area (Å²) in [6, 6.07) is 12.3. The van der Waals surface area contributed by atoms with Gasteiger partial charge in [0.1, 0.15) is 0 Å². The van der Waals surface area contributed by atoms with Gasteiger partial charge in [0.25, 0.3) is 0 Å². The molecule has 0 heterocycles. The van der Waals surface area contributed by atoms with Crippen molar-refractivity contribution in [1.82, 2.24) is 0 Å². The highest BCUT2D eigenvalue weighted by molar-refractivity contribution is 5.57. The van der Waals surface area contributed by atoms with Crippen molar-refractivity contribution >= 4 is 0 Å². The zero-order valence-electron chi connectivity index (χ0n) is 12.5. The zero-order chi connectivity index (χ0) is 15.3. The largest absolute Gasteiger partial charge is 0.504 e. The third-order valence-electron chi connectivity index (χ3n) is 5.41. The van der Waals surface area contributed by atoms with E-state index in [9.17, 15) is 10.2 Å². The fourth-order valence-corrected chi connectivity index (χ4v) is 4.31. The Bertz CT molecular complexity index is 711. The van der Waals surface area contributed by atoms with E-state index in [0.29, 0.717) is 5.92 Å². The Balaban J connectivity index is 1.85. The number of hydrogen-bond acceptors (Lipinski definition) is 3. The molecular weight excluding hydrogens is 274 g/mol. The number of benzene rings is 2. The third kappa shape index (κ3) is 2.00. The van der Waals surface area contributed by atoms with Crippen molar-refractivity contribution in [2.45, 2.75) is 43.6 Å². The Labute approximate surface area is 130 Å². The van der Waals surface area contributed by atoms with E-state index in [1.165, 1.54) is 16.7 Å². The molecule has 0 aliphatic heterocycles. The summed E-state index contributed by atoms with van der Waals surface area (Å²) < 4.78 is 0. The molecule has 0 bridgehead atoms. The Hall–Kier alpha value is -2.00. The fourth-order valence-electron chi connectivity index (χ4n) is 4.31. The molecule has 3 nitrogen and oxygen atoms in total. The van der Waals surface area contributed by atoms with Gasteiger partial charge in [-0.3, -0.25) is 0 Å². The smallest absolute Gasteiger partial charge is 0.160 e. The molecule has 3 heteroatoms. The summed E-state index contributed by atoms with van der Waals surface area (Å²) in [7, 11) is 0. The van der Waals surface area contributed by atoms with Gasteiger partial charge in [-0.25, -0.2) is 0 Å². The van der Waals surface area contributed by atoms with Gasteiger partial charge in [0, 0.05) is 17.5 Å². The monoisotopic (exact) mass is 295 g/mol. The lowest BCUT2D eigenvalue weighted by Gasteiger charge is -2.40. The van der Waals surface area contributed by atoms with Crippen molar-refractivity contribution in [1.29, 1.82) is 0 Å². The zero-order valence-corrected chi connectivity index (χ0v) is 12.5. The highest BCUT2D eigenvalue weighted by Crippen LogP contribution is 2.50. The first kappa shape index (κ1) is 13.6. The van der Waals surface area contributed by atoms with Crippen molar-refractivity contribution in [2.75, 3.05) is 0 Å². The van der Waals surface area contributed by atoms with Gasteiger partial charge in [0.05, 0.1) is 0 Å². The second kappa shape index (κ2) is 5.03. The standard InChI is InChI=1S/C19H21NO2/c20-16-7-6-12-10-17(21)19(22)15-9-13(8-14(16)18(12)15)11-4-2-1-3-5-11/h1-5,10,13-14,16,21-22H,6-9,20H2/t13-,14-,16+/m0/s1. The van der Waals surface area contributed by atoms with Crippen LogP contribution in [0.5, 0.6) is 11.5 Å². The van der Waals surface area contributed by atoms with E-state index < -0.39 is 0 Å². The topological polar surface area (TPSA) is 66.5 Å². The summed E-state index contributed by atoms with van der Waals surface area (Å²) in [5, 5.41) is 20.4. The van der Waals surface area contributed by atoms with Crippen LogP contribution in [0.2, 0.25) is 0 Å². The van der Waals surface area contributed by atoms with Crippen LogP contribution in [0, 0.1) is 0 Å². The molecule has 0 radical (unpaired) electrons. The van der Waals surface area contributed by atoms with Gasteiger partial charge in [-0.2, -0.15) is 0 Å². The van der Waals surface area contributed by atoms with E-state index in [0.717, 1.165) is 31.2 Å². The predicted octanol–water partition coefficient (Wildman–Crippen LogP) is 3.18. The van der Waals surface area contributed by atoms with Gasteiger partial charge in [-0.1, -0.05) is 30.3 Å². The summed E-state index contributed by atoms with van der Waals surface area (Å²) in [6.45, 7) is 0. The molecule has 0 spiro atoms. The van der Waals surface area contributed by atoms with E-state index in [1.54, 1.807) is 6.07 Å². The quantitative estimate of drug-likeness (QED) is 0.708. The molecule has 4 rings (SSSR count). The first-order valence-corrected chi connectivity index (χ1v) is 8.02. The average molecular weight is 295 g/mol. The highest BCUT2D eigenvalue weighted by Gasteiger charge is 2.38. The number of hydrogen-bond donors (Lipinski definition) is 3. The first-order valence-electron chi connectivity index (χ1n) is 8.02. The van der Waals surface area contributed by atoms with Crippen LogP contribution in [0.15, 0.2) is 36.4 Å². The average Bonchev–Trinajstić information content (AvgIpc) is 2.56. The van der Waals surface area contributed by atoms with Crippen LogP contribution >= 0.6 is 0 Å². The Morgan fingerprint density at radius 3 is 2.64 bits per heavy atom. The number of phenolic OH excluding ortho intramolecular Hbond substituents is 2. The molecule has 2 aliphatic carbocycles. The molecule has 0 saturated carbocycles. The predicted molar refractivity (Wildman–Crippen MR) is 86.3 cm³/mol. The third-order valence-corrected chi connectivity index (χ3v) is 5.41. The maximum Gasteiger partial charge on any atom is 0.160 e. The second-order valence-electron chi connectivity index (χ2n) is 6.65. The van der Waals surface area contributed by atoms with Gasteiger partial charge >= 0.3 is 0 Å². The lowest BCUT2D eigenvalue weighted by atomic mass is 9.66. The summed E-state index contributed by atoms with van der Waals surface area (Å²) in [5.74, 6) is 0.697. The van der Waals surface area contributed by atoms with E-state index >= 15 is 0 Å². The van der Waals surface area contributed by atoms with Gasteiger partial charge in [0.2, 0.25) is 0 Å². The van der Waals surface area contributed by atoms with E-state index in [2.05, 4.69) is 24.3 Å². The van der Waals surface area contributed by atoms with Crippen LogP contribution in [0.1, 0.15) is 46.9 Å². The number of rotatable bonds is 1. The molecule has 22 heavy (non-hydrogen) atoms. The molecule has 3 atom stereocenters. The van der Waals surface area contributed by atoms with Crippen molar-refractivity contribution in [3.05, 3.63) is 58.7 Å². The highest BCUT2D eigenvalue weighted by atomic mass is 16.3. The molecule has 2 aromatic carbocycles. The Morgan fingerprint density at radius 2 is 1.86 bits per heavy atom. The van der Waals surface area contributed by atoms with Crippen molar-refractivity contribution < 1.29 is 10.2 Å². The van der Waals surface area contributed by atoms with Crippen LogP contribution in [-0.2, 0) is 12.8 Å². The van der Waals surface area contributed by atoms with Crippen molar-refractivity contribution in [3.8, 4) is 11.5 Å². The van der Waals surface area contributed by atoms with Crippen molar-refractivity contribution in [2.24, 2.45) is 5.73 Å². The van der Waals surface area contributed by atoms with E-state index in [-0.39, 0.29) is 23.5 Å². The van der Waals surface area contributed by atoms with E-state index in [1.807, 2.05) is 6.07 Å². The van der Waals surface area contributed by atoms with Crippen molar-refractivity contribution in [3.63, 3.8) is 0 Å². The van der Waals surface area contributed by atoms with Gasteiger partial charge in [-0.05, 0) is 54.4 Å². The molecular formula is C19H21NO2. The Kier molecular flexibility index (Phi) is 3.12. The normalized spacial score (nSPS) is 26.5. The fraction of sp³-hybridized carbons (Fsp3) is 0.368.